The van der Waals surface area contributed by atoms with Gasteiger partial charge in [-0.2, -0.15) is 17.5 Å². The number of hydrogen-bond acceptors (Lipinski definition) is 7. The number of alkyl halides is 3. The van der Waals surface area contributed by atoms with Gasteiger partial charge in [-0.05, 0) is 87.7 Å². The van der Waals surface area contributed by atoms with E-state index in [4.69, 9.17) is 9.47 Å². The van der Waals surface area contributed by atoms with Crippen LogP contribution in [0.5, 0.6) is 5.75 Å². The maximum absolute atomic E-state index is 14.3. The number of nitrogens with zero attached hydrogens (tertiary/aromatic N) is 2. The first-order chi connectivity index (χ1) is 24.1. The lowest BCUT2D eigenvalue weighted by atomic mass is 10.0. The molecule has 51 heavy (non-hydrogen) atoms. The number of aliphatic hydroxyl groups is 1. The summed E-state index contributed by atoms with van der Waals surface area (Å²) in [5.74, 6) is -0.626. The molecule has 0 aromatic heterocycles. The van der Waals surface area contributed by atoms with Crippen molar-refractivity contribution in [3.8, 4) is 5.75 Å². The first kappa shape index (κ1) is 39.6. The van der Waals surface area contributed by atoms with Crippen LogP contribution < -0.4 is 15.4 Å². The Morgan fingerprint density at radius 1 is 1.02 bits per heavy atom. The van der Waals surface area contributed by atoms with E-state index >= 15 is 0 Å². The Hall–Kier alpha value is -4.18. The Morgan fingerprint density at radius 3 is 2.31 bits per heavy atom. The highest BCUT2D eigenvalue weighted by atomic mass is 32.2. The Balaban J connectivity index is 1.60. The minimum Gasteiger partial charge on any atom is -0.490 e. The number of carbonyl (C=O) groups is 2. The summed E-state index contributed by atoms with van der Waals surface area (Å²) in [6.07, 6.45) is -3.37. The SMILES string of the molecule is C[C@@H]1CN([C@@H](C)CO)C(=O)c2cc(NC(=O)Nc3ccc(C(F)(F)F)cc3)ccc2O[C@@H](C)CCCCO[C@H]1CN(C)S(=O)(=O)c1ccccc1. The van der Waals surface area contributed by atoms with Gasteiger partial charge in [-0.15, -0.1) is 0 Å². The lowest BCUT2D eigenvalue weighted by molar-refractivity contribution is -0.137. The van der Waals surface area contributed by atoms with E-state index in [2.05, 4.69) is 10.6 Å². The van der Waals surface area contributed by atoms with Gasteiger partial charge in [0.25, 0.3) is 5.91 Å². The maximum Gasteiger partial charge on any atom is 0.416 e. The van der Waals surface area contributed by atoms with Gasteiger partial charge in [0, 0.05) is 44.0 Å². The minimum atomic E-state index is -4.52. The molecule has 4 atom stereocenters. The van der Waals surface area contributed by atoms with Gasteiger partial charge in [0.15, 0.2) is 0 Å². The number of aliphatic hydroxyl groups excluding tert-OH is 1. The predicted octanol–water partition coefficient (Wildman–Crippen LogP) is 6.47. The Labute approximate surface area is 296 Å². The molecule has 3 aromatic carbocycles. The van der Waals surface area contributed by atoms with Gasteiger partial charge in [-0.3, -0.25) is 4.79 Å². The fourth-order valence-electron chi connectivity index (χ4n) is 5.62. The normalized spacial score (nSPS) is 20.1. The molecule has 15 heteroatoms. The van der Waals surface area contributed by atoms with E-state index < -0.39 is 51.8 Å². The van der Waals surface area contributed by atoms with Crippen LogP contribution in [-0.4, -0.2) is 86.3 Å². The van der Waals surface area contributed by atoms with Gasteiger partial charge < -0.3 is 30.1 Å². The van der Waals surface area contributed by atoms with E-state index in [-0.39, 0.29) is 53.4 Å². The number of urea groups is 1. The van der Waals surface area contributed by atoms with Crippen molar-refractivity contribution in [2.24, 2.45) is 5.92 Å². The van der Waals surface area contributed by atoms with Crippen molar-refractivity contribution >= 4 is 33.3 Å². The molecule has 3 amide bonds. The van der Waals surface area contributed by atoms with Crippen LogP contribution in [0.2, 0.25) is 0 Å². The standard InChI is InChI=1S/C36H45F3N4O7S/c1-24-21-43(25(2)23-44)34(45)31-20-29(41-35(46)40-28-15-13-27(14-16-28)36(37,38)39)17-18-32(31)50-26(3)10-8-9-19-49-33(24)22-42(4)51(47,48)30-11-6-5-7-12-30/h5-7,11-18,20,24-26,33,44H,8-10,19,21-23H2,1-4H3,(H2,40,41,46)/t24-,25+,26+,33+/m1/s1. The quantitative estimate of drug-likeness (QED) is 0.242. The molecule has 278 valence electrons. The number of carbonyl (C=O) groups excluding carboxylic acids is 2. The summed E-state index contributed by atoms with van der Waals surface area (Å²) in [5.41, 5.74) is -0.407. The van der Waals surface area contributed by atoms with Gasteiger partial charge in [-0.1, -0.05) is 25.1 Å². The van der Waals surface area contributed by atoms with Crippen LogP contribution in [-0.2, 0) is 20.9 Å². The molecule has 0 aliphatic carbocycles. The second-order valence-corrected chi connectivity index (χ2v) is 14.8. The summed E-state index contributed by atoms with van der Waals surface area (Å²) in [6.45, 7) is 5.51. The number of likely N-dealkylation sites (N-methyl/N-ethyl adjacent to an activating group) is 1. The number of nitrogens with one attached hydrogen (secondary N) is 2. The molecule has 0 saturated carbocycles. The van der Waals surface area contributed by atoms with Gasteiger partial charge in [0.05, 0.1) is 40.9 Å². The number of hydrogen-bond donors (Lipinski definition) is 3. The molecule has 0 spiro atoms. The highest BCUT2D eigenvalue weighted by Gasteiger charge is 2.33. The molecule has 0 bridgehead atoms. The zero-order valence-corrected chi connectivity index (χ0v) is 29.8. The molecule has 3 N–H and O–H groups in total. The molecular formula is C36H45F3N4O7S. The average molecular weight is 735 g/mol. The number of benzene rings is 3. The summed E-state index contributed by atoms with van der Waals surface area (Å²) >= 11 is 0. The lowest BCUT2D eigenvalue weighted by Crippen LogP contribution is -2.48. The van der Waals surface area contributed by atoms with E-state index in [0.717, 1.165) is 30.7 Å². The molecule has 11 nitrogen and oxygen atoms in total. The van der Waals surface area contributed by atoms with Crippen molar-refractivity contribution in [2.45, 2.75) is 69.4 Å². The van der Waals surface area contributed by atoms with E-state index in [1.54, 1.807) is 37.3 Å². The van der Waals surface area contributed by atoms with Gasteiger partial charge >= 0.3 is 12.2 Å². The number of amides is 3. The second kappa shape index (κ2) is 17.4. The lowest BCUT2D eigenvalue weighted by Gasteiger charge is -2.35. The molecule has 0 fully saturated rings. The van der Waals surface area contributed by atoms with Crippen molar-refractivity contribution in [1.82, 2.24) is 9.21 Å². The molecule has 4 rings (SSSR count). The van der Waals surface area contributed by atoms with Crippen LogP contribution in [0.25, 0.3) is 0 Å². The summed E-state index contributed by atoms with van der Waals surface area (Å²) in [7, 11) is -2.34. The number of fused-ring (bicyclic) bond motifs is 1. The molecule has 3 aromatic rings. The zero-order chi connectivity index (χ0) is 37.3. The summed E-state index contributed by atoms with van der Waals surface area (Å²) in [5, 5.41) is 15.3. The summed E-state index contributed by atoms with van der Waals surface area (Å²) in [4.78, 5) is 28.8. The third kappa shape index (κ3) is 10.7. The third-order valence-corrected chi connectivity index (χ3v) is 10.5. The topological polar surface area (TPSA) is 138 Å². The van der Waals surface area contributed by atoms with E-state index in [9.17, 15) is 36.3 Å². The van der Waals surface area contributed by atoms with Gasteiger partial charge in [0.1, 0.15) is 5.75 Å². The number of ether oxygens (including phenoxy) is 2. The Kier molecular flexibility index (Phi) is 13.5. The van der Waals surface area contributed by atoms with Crippen LogP contribution in [0, 0.1) is 5.92 Å². The summed E-state index contributed by atoms with van der Waals surface area (Å²) in [6, 6.07) is 15.2. The molecule has 0 radical (unpaired) electrons. The van der Waals surface area contributed by atoms with E-state index in [0.29, 0.717) is 19.4 Å². The third-order valence-electron chi connectivity index (χ3n) is 8.67. The smallest absolute Gasteiger partial charge is 0.416 e. The van der Waals surface area contributed by atoms with Crippen molar-refractivity contribution in [1.29, 1.82) is 0 Å². The summed E-state index contributed by atoms with van der Waals surface area (Å²) < 4.78 is 79.3. The van der Waals surface area contributed by atoms with Gasteiger partial charge in [0.2, 0.25) is 10.0 Å². The van der Waals surface area contributed by atoms with Crippen LogP contribution >= 0.6 is 0 Å². The molecular weight excluding hydrogens is 689 g/mol. The van der Waals surface area contributed by atoms with Crippen molar-refractivity contribution in [2.75, 3.05) is 44.0 Å². The first-order valence-electron chi connectivity index (χ1n) is 16.7. The maximum atomic E-state index is 14.3. The Bertz CT molecular complexity index is 1730. The van der Waals surface area contributed by atoms with E-state index in [1.165, 1.54) is 34.5 Å². The van der Waals surface area contributed by atoms with Crippen molar-refractivity contribution in [3.05, 3.63) is 83.9 Å². The monoisotopic (exact) mass is 734 g/mol. The number of halogens is 3. The number of rotatable bonds is 8. The Morgan fingerprint density at radius 2 is 1.67 bits per heavy atom. The molecule has 1 aliphatic rings. The number of sulfonamides is 1. The fourth-order valence-corrected chi connectivity index (χ4v) is 6.83. The van der Waals surface area contributed by atoms with Crippen LogP contribution in [0.3, 0.4) is 0 Å². The molecule has 0 unspecified atom stereocenters. The van der Waals surface area contributed by atoms with Crippen LogP contribution in [0.1, 0.15) is 56.0 Å². The fraction of sp³-hybridized carbons (Fsp3) is 0.444. The second-order valence-electron chi connectivity index (χ2n) is 12.8. The molecule has 1 heterocycles. The highest BCUT2D eigenvalue weighted by molar-refractivity contribution is 7.89. The van der Waals surface area contributed by atoms with Crippen molar-refractivity contribution in [3.63, 3.8) is 0 Å². The minimum absolute atomic E-state index is 0.0200. The van der Waals surface area contributed by atoms with Crippen molar-refractivity contribution < 1.29 is 45.8 Å². The number of anilines is 2. The first-order valence-corrected chi connectivity index (χ1v) is 18.1. The highest BCUT2D eigenvalue weighted by Crippen LogP contribution is 2.31. The van der Waals surface area contributed by atoms with Crippen LogP contribution in [0.15, 0.2) is 77.7 Å². The average Bonchev–Trinajstić information content (AvgIpc) is 3.09. The molecule has 1 aliphatic heterocycles. The van der Waals surface area contributed by atoms with E-state index in [1.807, 2.05) is 13.8 Å². The van der Waals surface area contributed by atoms with Crippen LogP contribution in [0.4, 0.5) is 29.3 Å². The predicted molar refractivity (Wildman–Crippen MR) is 187 cm³/mol. The molecule has 0 saturated heterocycles. The zero-order valence-electron chi connectivity index (χ0n) is 29.0. The van der Waals surface area contributed by atoms with Gasteiger partial charge in [-0.25, -0.2) is 13.2 Å². The largest absolute Gasteiger partial charge is 0.490 e.